The summed E-state index contributed by atoms with van der Waals surface area (Å²) in [6, 6.07) is 26.4. The van der Waals surface area contributed by atoms with E-state index in [-0.39, 0.29) is 23.2 Å². The number of rotatable bonds is 2. The minimum Gasteiger partial charge on any atom is -0.504 e. The van der Waals surface area contributed by atoms with E-state index in [1.807, 2.05) is 54.6 Å². The van der Waals surface area contributed by atoms with Crippen LogP contribution in [-0.4, -0.2) is 42.9 Å². The molecule has 9 nitrogen and oxygen atoms in total. The minimum absolute atomic E-state index is 0.0866. The maximum Gasteiger partial charge on any atom is 0.301 e. The van der Waals surface area contributed by atoms with Crippen molar-refractivity contribution in [2.24, 2.45) is 0 Å². The van der Waals surface area contributed by atoms with Gasteiger partial charge in [0.15, 0.2) is 17.3 Å². The van der Waals surface area contributed by atoms with Crippen LogP contribution in [0.1, 0.15) is 44.4 Å². The van der Waals surface area contributed by atoms with Gasteiger partial charge < -0.3 is 35.0 Å². The normalized spacial score (nSPS) is 20.8. The summed E-state index contributed by atoms with van der Waals surface area (Å²) in [7, 11) is 0. The largest absolute Gasteiger partial charge is 0.504 e. The molecule has 0 amide bonds. The quantitative estimate of drug-likeness (QED) is 0.194. The molecule has 5 N–H and O–H groups in total. The van der Waals surface area contributed by atoms with Crippen LogP contribution in [0.25, 0.3) is 0 Å². The molecule has 0 fully saturated rings. The third-order valence-corrected chi connectivity index (χ3v) is 6.56. The smallest absolute Gasteiger partial charge is 0.301 e. The van der Waals surface area contributed by atoms with E-state index in [0.717, 1.165) is 17.7 Å². The van der Waals surface area contributed by atoms with Crippen molar-refractivity contribution >= 4 is 11.6 Å². The number of para-hydroxylation sites is 3. The van der Waals surface area contributed by atoms with Gasteiger partial charge in [-0.3, -0.25) is 9.59 Å². The highest BCUT2D eigenvalue weighted by atomic mass is 16.7. The zero-order valence-electron chi connectivity index (χ0n) is 20.4. The van der Waals surface area contributed by atoms with Crippen molar-refractivity contribution in [2.45, 2.75) is 24.1 Å². The highest BCUT2D eigenvalue weighted by molar-refractivity contribution is 6.05. The number of fused-ring (bicyclic) bond motifs is 2. The van der Waals surface area contributed by atoms with Crippen LogP contribution in [0.15, 0.2) is 97.1 Å². The van der Waals surface area contributed by atoms with Gasteiger partial charge in [-0.05, 0) is 42.0 Å². The fourth-order valence-electron chi connectivity index (χ4n) is 4.49. The maximum atomic E-state index is 12.2. The molecule has 2 unspecified atom stereocenters. The van der Waals surface area contributed by atoms with Gasteiger partial charge in [0.1, 0.15) is 17.6 Å². The Morgan fingerprint density at radius 1 is 0.692 bits per heavy atom. The number of ketones is 2. The molecule has 0 saturated carbocycles. The van der Waals surface area contributed by atoms with E-state index in [1.54, 1.807) is 0 Å². The lowest BCUT2D eigenvalue weighted by Crippen LogP contribution is -2.62. The number of ether oxygens (including phenoxy) is 2. The molecule has 9 heteroatoms. The number of hydrogen-bond donors (Lipinski definition) is 5. The van der Waals surface area contributed by atoms with Crippen LogP contribution in [0.3, 0.4) is 0 Å². The van der Waals surface area contributed by atoms with Crippen molar-refractivity contribution in [3.8, 4) is 23.0 Å². The van der Waals surface area contributed by atoms with E-state index >= 15 is 0 Å². The summed E-state index contributed by atoms with van der Waals surface area (Å²) in [5.74, 6) is -8.22. The number of phenolic OH excluding ortho intramolecular Hbond substituents is 2. The fraction of sp³-hybridized carbons (Fsp3) is 0.133. The highest BCUT2D eigenvalue weighted by Gasteiger charge is 2.62. The molecule has 0 radical (unpaired) electrons. The first-order valence-electron chi connectivity index (χ1n) is 12.0. The number of aromatic hydroxyl groups is 2. The second kappa shape index (κ2) is 9.88. The summed E-state index contributed by atoms with van der Waals surface area (Å²) < 4.78 is 11.1. The minimum atomic E-state index is -3.35. The summed E-state index contributed by atoms with van der Waals surface area (Å²) in [5.41, 5.74) is 1.06. The Balaban J connectivity index is 0.000000163. The number of Topliss-reactive ketones (excluding diaryl/α,β-unsaturated/α-hetero) is 2. The summed E-state index contributed by atoms with van der Waals surface area (Å²) in [6.45, 7) is 0. The van der Waals surface area contributed by atoms with Crippen molar-refractivity contribution in [3.63, 3.8) is 0 Å². The summed E-state index contributed by atoms with van der Waals surface area (Å²) in [4.78, 5) is 24.2. The standard InChI is InChI=1S/C15H12O7.C15H12O2/c16-10-6-3-5-9(12(10)17)15(21)14(19,20)13(18)8-4-1-2-7-11(8)22-15;16-13-10-15(11-6-2-1-3-7-11)17-14-9-5-4-8-12(13)14/h1-7,16-17,19-21H;1-9,15H,10H2. The molecule has 2 heterocycles. The molecular weight excluding hydrogens is 504 g/mol. The average molecular weight is 529 g/mol. The Hall–Kier alpha value is -4.70. The Labute approximate surface area is 222 Å². The number of benzene rings is 4. The molecule has 2 atom stereocenters. The van der Waals surface area contributed by atoms with Gasteiger partial charge in [0.05, 0.1) is 23.1 Å². The highest BCUT2D eigenvalue weighted by Crippen LogP contribution is 2.47. The zero-order valence-corrected chi connectivity index (χ0v) is 20.4. The third-order valence-electron chi connectivity index (χ3n) is 6.56. The van der Waals surface area contributed by atoms with Crippen LogP contribution in [-0.2, 0) is 5.79 Å². The number of phenols is 2. The molecular formula is C30H24O9. The van der Waals surface area contributed by atoms with E-state index in [0.29, 0.717) is 17.7 Å². The molecule has 2 aliphatic rings. The van der Waals surface area contributed by atoms with Gasteiger partial charge in [0.2, 0.25) is 5.78 Å². The topological polar surface area (TPSA) is 154 Å². The molecule has 0 aliphatic carbocycles. The zero-order chi connectivity index (χ0) is 27.8. The van der Waals surface area contributed by atoms with Crippen LogP contribution in [0, 0.1) is 0 Å². The van der Waals surface area contributed by atoms with Gasteiger partial charge in [-0.15, -0.1) is 0 Å². The average Bonchev–Trinajstić information content (AvgIpc) is 2.94. The lowest BCUT2D eigenvalue weighted by molar-refractivity contribution is -0.328. The van der Waals surface area contributed by atoms with Crippen molar-refractivity contribution in [1.82, 2.24) is 0 Å². The van der Waals surface area contributed by atoms with Crippen LogP contribution in [0.2, 0.25) is 0 Å². The van der Waals surface area contributed by atoms with E-state index in [4.69, 9.17) is 9.47 Å². The van der Waals surface area contributed by atoms with Gasteiger partial charge >= 0.3 is 11.6 Å². The number of carbonyl (C=O) groups excluding carboxylic acids is 2. The molecule has 6 rings (SSSR count). The molecule has 4 aromatic carbocycles. The van der Waals surface area contributed by atoms with E-state index in [1.165, 1.54) is 30.3 Å². The van der Waals surface area contributed by atoms with E-state index in [2.05, 4.69) is 0 Å². The molecule has 0 aromatic heterocycles. The monoisotopic (exact) mass is 528 g/mol. The maximum absolute atomic E-state index is 12.2. The van der Waals surface area contributed by atoms with Crippen molar-refractivity contribution in [2.75, 3.05) is 0 Å². The van der Waals surface area contributed by atoms with Gasteiger partial charge in [-0.25, -0.2) is 0 Å². The van der Waals surface area contributed by atoms with Crippen LogP contribution < -0.4 is 9.47 Å². The molecule has 4 aromatic rings. The Bertz CT molecular complexity index is 1550. The Kier molecular flexibility index (Phi) is 6.57. The van der Waals surface area contributed by atoms with Crippen molar-refractivity contribution < 1.29 is 44.6 Å². The second-order valence-corrected chi connectivity index (χ2v) is 9.06. The third kappa shape index (κ3) is 4.48. The van der Waals surface area contributed by atoms with E-state index in [9.17, 15) is 35.1 Å². The van der Waals surface area contributed by atoms with Gasteiger partial charge in [-0.2, -0.15) is 0 Å². The molecule has 39 heavy (non-hydrogen) atoms. The van der Waals surface area contributed by atoms with Gasteiger partial charge in [0.25, 0.3) is 0 Å². The first kappa shape index (κ1) is 25.9. The number of carbonyl (C=O) groups is 2. The summed E-state index contributed by atoms with van der Waals surface area (Å²) in [6.07, 6.45) is 0.264. The first-order valence-corrected chi connectivity index (χ1v) is 12.0. The number of aliphatic hydroxyl groups is 3. The second-order valence-electron chi connectivity index (χ2n) is 9.06. The predicted molar refractivity (Wildman–Crippen MR) is 137 cm³/mol. The first-order chi connectivity index (χ1) is 18.6. The summed E-state index contributed by atoms with van der Waals surface area (Å²) in [5, 5.41) is 50.2. The van der Waals surface area contributed by atoms with Crippen LogP contribution >= 0.6 is 0 Å². The number of hydrogen-bond acceptors (Lipinski definition) is 9. The lowest BCUT2D eigenvalue weighted by atomic mass is 9.86. The van der Waals surface area contributed by atoms with Crippen LogP contribution in [0.4, 0.5) is 0 Å². The van der Waals surface area contributed by atoms with Gasteiger partial charge in [-0.1, -0.05) is 60.7 Å². The fourth-order valence-corrected chi connectivity index (χ4v) is 4.49. The van der Waals surface area contributed by atoms with Crippen LogP contribution in [0.5, 0.6) is 23.0 Å². The molecule has 0 spiro atoms. The van der Waals surface area contributed by atoms with Gasteiger partial charge in [0, 0.05) is 0 Å². The molecule has 0 saturated heterocycles. The van der Waals surface area contributed by atoms with Crippen molar-refractivity contribution in [3.05, 3.63) is 119 Å². The van der Waals surface area contributed by atoms with E-state index < -0.39 is 34.4 Å². The predicted octanol–water partition coefficient (Wildman–Crippen LogP) is 3.59. The molecule has 0 bridgehead atoms. The SMILES string of the molecule is O=C1CC(c2ccccc2)Oc2ccccc21.O=C1c2ccccc2OC(O)(c2cccc(O)c2O)C1(O)O. The molecule has 198 valence electrons. The Morgan fingerprint density at radius 2 is 1.31 bits per heavy atom. The summed E-state index contributed by atoms with van der Waals surface area (Å²) >= 11 is 0. The molecule has 2 aliphatic heterocycles. The lowest BCUT2D eigenvalue weighted by Gasteiger charge is -2.42. The Morgan fingerprint density at radius 3 is 2.03 bits per heavy atom. The van der Waals surface area contributed by atoms with Crippen molar-refractivity contribution in [1.29, 1.82) is 0 Å².